The minimum Gasteiger partial charge on any atom is -0.237 e. The molecular formula is C10H10BrN3. The number of halogens is 1. The summed E-state index contributed by atoms with van der Waals surface area (Å²) >= 11 is 3.42. The zero-order chi connectivity index (χ0) is 9.97. The number of pyridine rings is 1. The fourth-order valence-corrected chi connectivity index (χ4v) is 1.84. The third-order valence-electron chi connectivity index (χ3n) is 2.12. The van der Waals surface area contributed by atoms with Gasteiger partial charge in [0.05, 0.1) is 6.20 Å². The van der Waals surface area contributed by atoms with Crippen LogP contribution in [0.4, 0.5) is 0 Å². The molecule has 0 radical (unpaired) electrons. The molecule has 0 aromatic carbocycles. The third-order valence-corrected chi connectivity index (χ3v) is 2.73. The zero-order valence-corrected chi connectivity index (χ0v) is 9.40. The number of nitrogens with zero attached hydrogens (tertiary/aromatic N) is 3. The summed E-state index contributed by atoms with van der Waals surface area (Å²) in [6, 6.07) is 5.79. The van der Waals surface area contributed by atoms with Gasteiger partial charge in [-0.3, -0.25) is 0 Å². The molecule has 72 valence electrons. The largest absolute Gasteiger partial charge is 0.237 e. The lowest BCUT2D eigenvalue weighted by Crippen LogP contribution is -2.01. The van der Waals surface area contributed by atoms with Gasteiger partial charge in [-0.1, -0.05) is 22.0 Å². The van der Waals surface area contributed by atoms with E-state index >= 15 is 0 Å². The monoisotopic (exact) mass is 251 g/mol. The molecule has 2 heterocycles. The quantitative estimate of drug-likeness (QED) is 0.768. The molecule has 14 heavy (non-hydrogen) atoms. The van der Waals surface area contributed by atoms with Gasteiger partial charge in [0, 0.05) is 22.8 Å². The minimum atomic E-state index is 0.825. The summed E-state index contributed by atoms with van der Waals surface area (Å²) in [6.45, 7) is 2.04. The van der Waals surface area contributed by atoms with Crippen LogP contribution in [0.15, 0.2) is 30.6 Å². The molecule has 2 rings (SSSR count). The molecular weight excluding hydrogens is 242 g/mol. The molecule has 4 heteroatoms. The van der Waals surface area contributed by atoms with Crippen molar-refractivity contribution in [3.8, 4) is 5.82 Å². The summed E-state index contributed by atoms with van der Waals surface area (Å²) in [7, 11) is 0. The van der Waals surface area contributed by atoms with Crippen molar-refractivity contribution in [2.75, 3.05) is 0 Å². The van der Waals surface area contributed by atoms with Crippen LogP contribution in [-0.2, 0) is 5.33 Å². The van der Waals surface area contributed by atoms with Gasteiger partial charge in [0.15, 0.2) is 5.82 Å². The van der Waals surface area contributed by atoms with E-state index < -0.39 is 0 Å². The Hall–Kier alpha value is -1.16. The molecule has 0 aliphatic rings. The number of hydrogen-bond donors (Lipinski definition) is 0. The molecule has 0 bridgehead atoms. The molecule has 0 unspecified atom stereocenters. The Morgan fingerprint density at radius 2 is 2.29 bits per heavy atom. The molecule has 0 saturated heterocycles. The maximum atomic E-state index is 4.28. The predicted octanol–water partition coefficient (Wildman–Crippen LogP) is 2.47. The predicted molar refractivity (Wildman–Crippen MR) is 58.7 cm³/mol. The van der Waals surface area contributed by atoms with Crippen molar-refractivity contribution >= 4 is 15.9 Å². The van der Waals surface area contributed by atoms with Crippen molar-refractivity contribution < 1.29 is 0 Å². The first-order valence-corrected chi connectivity index (χ1v) is 5.46. The van der Waals surface area contributed by atoms with Crippen molar-refractivity contribution in [1.82, 2.24) is 14.8 Å². The lowest BCUT2D eigenvalue weighted by molar-refractivity contribution is 0.816. The topological polar surface area (TPSA) is 30.7 Å². The van der Waals surface area contributed by atoms with E-state index in [1.807, 2.05) is 36.0 Å². The van der Waals surface area contributed by atoms with Gasteiger partial charge in [0.25, 0.3) is 0 Å². The molecule has 0 saturated carbocycles. The van der Waals surface area contributed by atoms with Crippen LogP contribution in [0.25, 0.3) is 5.82 Å². The lowest BCUT2D eigenvalue weighted by Gasteiger charge is -2.02. The Bertz CT molecular complexity index is 422. The Kier molecular flexibility index (Phi) is 2.63. The highest BCUT2D eigenvalue weighted by molar-refractivity contribution is 9.08. The van der Waals surface area contributed by atoms with E-state index in [1.54, 1.807) is 6.20 Å². The van der Waals surface area contributed by atoms with E-state index in [-0.39, 0.29) is 0 Å². The fourth-order valence-electron chi connectivity index (χ4n) is 1.28. The van der Waals surface area contributed by atoms with Crippen molar-refractivity contribution in [2.24, 2.45) is 0 Å². The molecule has 0 N–H and O–H groups in total. The van der Waals surface area contributed by atoms with Crippen LogP contribution in [0, 0.1) is 6.92 Å². The zero-order valence-electron chi connectivity index (χ0n) is 7.81. The van der Waals surface area contributed by atoms with Crippen LogP contribution in [-0.4, -0.2) is 14.8 Å². The molecule has 3 nitrogen and oxygen atoms in total. The molecule has 0 aliphatic heterocycles. The van der Waals surface area contributed by atoms with Crippen LogP contribution < -0.4 is 0 Å². The summed E-state index contributed by atoms with van der Waals surface area (Å²) in [5.74, 6) is 0.859. The summed E-state index contributed by atoms with van der Waals surface area (Å²) < 4.78 is 1.84. The van der Waals surface area contributed by atoms with Gasteiger partial charge in [-0.15, -0.1) is 0 Å². The smallest absolute Gasteiger partial charge is 0.153 e. The van der Waals surface area contributed by atoms with E-state index in [0.29, 0.717) is 0 Å². The first-order chi connectivity index (χ1) is 6.83. The van der Waals surface area contributed by atoms with Gasteiger partial charge in [-0.2, -0.15) is 5.10 Å². The summed E-state index contributed by atoms with van der Waals surface area (Å²) in [5, 5.41) is 5.11. The van der Waals surface area contributed by atoms with Gasteiger partial charge < -0.3 is 0 Å². The van der Waals surface area contributed by atoms with Gasteiger partial charge in [0.2, 0.25) is 0 Å². The van der Waals surface area contributed by atoms with Crippen LogP contribution in [0.5, 0.6) is 0 Å². The molecule has 0 spiro atoms. The summed E-state index contributed by atoms with van der Waals surface area (Å²) in [4.78, 5) is 4.24. The third kappa shape index (κ3) is 1.57. The fraction of sp³-hybridized carbons (Fsp3) is 0.200. The van der Waals surface area contributed by atoms with Gasteiger partial charge >= 0.3 is 0 Å². The molecule has 2 aromatic heterocycles. The minimum absolute atomic E-state index is 0.825. The van der Waals surface area contributed by atoms with Gasteiger partial charge in [-0.25, -0.2) is 9.67 Å². The Labute approximate surface area is 90.9 Å². The standard InChI is InChI=1S/C10H10BrN3/c1-8-9(6-11)7-13-14(8)10-4-2-3-5-12-10/h2-5,7H,6H2,1H3. The number of hydrogen-bond acceptors (Lipinski definition) is 2. The van der Waals surface area contributed by atoms with E-state index in [2.05, 4.69) is 26.0 Å². The molecule has 0 amide bonds. The van der Waals surface area contributed by atoms with Crippen molar-refractivity contribution in [2.45, 2.75) is 12.3 Å². The van der Waals surface area contributed by atoms with Crippen molar-refractivity contribution in [3.63, 3.8) is 0 Å². The Morgan fingerprint density at radius 3 is 2.86 bits per heavy atom. The maximum absolute atomic E-state index is 4.28. The second-order valence-corrected chi connectivity index (χ2v) is 3.55. The average molecular weight is 252 g/mol. The number of alkyl halides is 1. The Balaban J connectivity index is 2.48. The van der Waals surface area contributed by atoms with Crippen LogP contribution >= 0.6 is 15.9 Å². The van der Waals surface area contributed by atoms with E-state index in [0.717, 1.165) is 16.8 Å². The van der Waals surface area contributed by atoms with Crippen LogP contribution in [0.1, 0.15) is 11.3 Å². The first-order valence-electron chi connectivity index (χ1n) is 4.34. The maximum Gasteiger partial charge on any atom is 0.153 e. The first kappa shape index (κ1) is 9.40. The highest BCUT2D eigenvalue weighted by Gasteiger charge is 2.06. The molecule has 2 aromatic rings. The van der Waals surface area contributed by atoms with E-state index in [9.17, 15) is 0 Å². The Morgan fingerprint density at radius 1 is 1.43 bits per heavy atom. The number of rotatable bonds is 2. The molecule has 0 atom stereocenters. The molecule has 0 fully saturated rings. The van der Waals surface area contributed by atoms with E-state index in [1.165, 1.54) is 5.56 Å². The second kappa shape index (κ2) is 3.92. The van der Waals surface area contributed by atoms with E-state index in [4.69, 9.17) is 0 Å². The van der Waals surface area contributed by atoms with Crippen LogP contribution in [0.3, 0.4) is 0 Å². The highest BCUT2D eigenvalue weighted by atomic mass is 79.9. The van der Waals surface area contributed by atoms with Gasteiger partial charge in [0.1, 0.15) is 0 Å². The second-order valence-electron chi connectivity index (χ2n) is 2.99. The van der Waals surface area contributed by atoms with Gasteiger partial charge in [-0.05, 0) is 19.1 Å². The summed E-state index contributed by atoms with van der Waals surface area (Å²) in [6.07, 6.45) is 3.63. The summed E-state index contributed by atoms with van der Waals surface area (Å²) in [5.41, 5.74) is 2.32. The van der Waals surface area contributed by atoms with Crippen LogP contribution in [0.2, 0.25) is 0 Å². The highest BCUT2D eigenvalue weighted by Crippen LogP contribution is 2.14. The SMILES string of the molecule is Cc1c(CBr)cnn1-c1ccccn1. The lowest BCUT2D eigenvalue weighted by atomic mass is 10.3. The average Bonchev–Trinajstić information content (AvgIpc) is 2.61. The van der Waals surface area contributed by atoms with Crippen molar-refractivity contribution in [1.29, 1.82) is 0 Å². The molecule has 0 aliphatic carbocycles. The number of aromatic nitrogens is 3. The normalized spacial score (nSPS) is 10.4. The van der Waals surface area contributed by atoms with Crippen molar-refractivity contribution in [3.05, 3.63) is 41.9 Å².